The lowest BCUT2D eigenvalue weighted by atomic mass is 10.2. The fourth-order valence-corrected chi connectivity index (χ4v) is 2.70. The molecular formula is C17H31N3O2. The number of aromatic hydroxyl groups is 1. The zero-order valence-electron chi connectivity index (χ0n) is 14.7. The van der Waals surface area contributed by atoms with E-state index < -0.39 is 0 Å². The van der Waals surface area contributed by atoms with E-state index in [9.17, 15) is 9.90 Å². The van der Waals surface area contributed by atoms with Gasteiger partial charge < -0.3 is 14.6 Å². The third-order valence-electron chi connectivity index (χ3n) is 3.82. The predicted octanol–water partition coefficient (Wildman–Crippen LogP) is 2.05. The van der Waals surface area contributed by atoms with Crippen molar-refractivity contribution < 1.29 is 5.11 Å². The predicted molar refractivity (Wildman–Crippen MR) is 91.5 cm³/mol. The number of hydrogen-bond donors (Lipinski definition) is 1. The van der Waals surface area contributed by atoms with Crippen molar-refractivity contribution in [3.63, 3.8) is 0 Å². The molecule has 1 heterocycles. The standard InChI is InChI=1S/C17H31N3O2/c1-6-8-19(9-7-2)13-15-17(22)16(21)12-14(3)20(15)11-10-18(4)5/h12,22H,6-11,13H2,1-5H3. The van der Waals surface area contributed by atoms with Crippen LogP contribution in [0.1, 0.15) is 38.1 Å². The monoisotopic (exact) mass is 309 g/mol. The third-order valence-corrected chi connectivity index (χ3v) is 3.82. The topological polar surface area (TPSA) is 48.7 Å². The summed E-state index contributed by atoms with van der Waals surface area (Å²) in [7, 11) is 4.05. The number of pyridine rings is 1. The zero-order valence-corrected chi connectivity index (χ0v) is 14.7. The van der Waals surface area contributed by atoms with Gasteiger partial charge in [0.2, 0.25) is 5.43 Å². The van der Waals surface area contributed by atoms with Gasteiger partial charge in [0.15, 0.2) is 5.75 Å². The van der Waals surface area contributed by atoms with E-state index >= 15 is 0 Å². The average Bonchev–Trinajstić information content (AvgIpc) is 2.44. The Morgan fingerprint density at radius 3 is 2.23 bits per heavy atom. The fourth-order valence-electron chi connectivity index (χ4n) is 2.70. The van der Waals surface area contributed by atoms with Gasteiger partial charge in [-0.25, -0.2) is 0 Å². The maximum Gasteiger partial charge on any atom is 0.223 e. The number of aromatic nitrogens is 1. The zero-order chi connectivity index (χ0) is 16.7. The van der Waals surface area contributed by atoms with Gasteiger partial charge in [0.1, 0.15) is 0 Å². The fraction of sp³-hybridized carbons (Fsp3) is 0.706. The van der Waals surface area contributed by atoms with E-state index in [1.165, 1.54) is 6.07 Å². The minimum absolute atomic E-state index is 0.0958. The number of rotatable bonds is 9. The van der Waals surface area contributed by atoms with Crippen LogP contribution in [0.3, 0.4) is 0 Å². The molecule has 0 saturated heterocycles. The lowest BCUT2D eigenvalue weighted by Crippen LogP contribution is -2.30. The lowest BCUT2D eigenvalue weighted by Gasteiger charge is -2.25. The molecule has 1 aromatic heterocycles. The van der Waals surface area contributed by atoms with Gasteiger partial charge in [-0.3, -0.25) is 9.69 Å². The van der Waals surface area contributed by atoms with Crippen molar-refractivity contribution in [3.8, 4) is 5.75 Å². The van der Waals surface area contributed by atoms with Crippen LogP contribution >= 0.6 is 0 Å². The Balaban J connectivity index is 3.15. The first-order valence-electron chi connectivity index (χ1n) is 8.20. The Hall–Kier alpha value is -1.33. The number of aryl methyl sites for hydroxylation is 1. The van der Waals surface area contributed by atoms with Crippen LogP contribution in [0, 0.1) is 6.92 Å². The van der Waals surface area contributed by atoms with Crippen LogP contribution in [0.25, 0.3) is 0 Å². The molecule has 22 heavy (non-hydrogen) atoms. The first-order chi connectivity index (χ1) is 10.4. The average molecular weight is 309 g/mol. The molecule has 1 rings (SSSR count). The largest absolute Gasteiger partial charge is 0.503 e. The van der Waals surface area contributed by atoms with Gasteiger partial charge in [0.05, 0.1) is 5.69 Å². The minimum Gasteiger partial charge on any atom is -0.503 e. The maximum absolute atomic E-state index is 12.0. The quantitative estimate of drug-likeness (QED) is 0.758. The summed E-state index contributed by atoms with van der Waals surface area (Å²) in [5, 5.41) is 10.3. The summed E-state index contributed by atoms with van der Waals surface area (Å²) >= 11 is 0. The van der Waals surface area contributed by atoms with Crippen LogP contribution < -0.4 is 5.43 Å². The summed E-state index contributed by atoms with van der Waals surface area (Å²) in [6.07, 6.45) is 2.13. The summed E-state index contributed by atoms with van der Waals surface area (Å²) < 4.78 is 2.08. The van der Waals surface area contributed by atoms with Gasteiger partial charge >= 0.3 is 0 Å². The van der Waals surface area contributed by atoms with Crippen LogP contribution in [0.15, 0.2) is 10.9 Å². The molecule has 1 N–H and O–H groups in total. The van der Waals surface area contributed by atoms with E-state index in [4.69, 9.17) is 0 Å². The molecule has 0 spiro atoms. The maximum atomic E-state index is 12.0. The molecule has 0 aliphatic heterocycles. The lowest BCUT2D eigenvalue weighted by molar-refractivity contribution is 0.251. The molecule has 0 bridgehead atoms. The Morgan fingerprint density at radius 2 is 1.73 bits per heavy atom. The Labute approximate surface area is 134 Å². The van der Waals surface area contributed by atoms with Crippen molar-refractivity contribution in [3.05, 3.63) is 27.7 Å². The highest BCUT2D eigenvalue weighted by Gasteiger charge is 2.16. The van der Waals surface area contributed by atoms with Crippen LogP contribution in [-0.4, -0.2) is 53.2 Å². The highest BCUT2D eigenvalue weighted by Crippen LogP contribution is 2.17. The van der Waals surface area contributed by atoms with E-state index in [0.717, 1.165) is 50.4 Å². The summed E-state index contributed by atoms with van der Waals surface area (Å²) in [6, 6.07) is 1.53. The molecule has 0 unspecified atom stereocenters. The molecule has 0 aromatic carbocycles. The number of nitrogens with zero attached hydrogens (tertiary/aromatic N) is 3. The second-order valence-corrected chi connectivity index (χ2v) is 6.18. The molecule has 5 nitrogen and oxygen atoms in total. The van der Waals surface area contributed by atoms with Gasteiger partial charge in [-0.15, -0.1) is 0 Å². The molecule has 0 radical (unpaired) electrons. The van der Waals surface area contributed by atoms with Gasteiger partial charge in [0.25, 0.3) is 0 Å². The summed E-state index contributed by atoms with van der Waals surface area (Å²) in [4.78, 5) is 16.4. The Morgan fingerprint density at radius 1 is 1.14 bits per heavy atom. The molecule has 0 amide bonds. The van der Waals surface area contributed by atoms with Crippen LogP contribution in [-0.2, 0) is 13.1 Å². The van der Waals surface area contributed by atoms with Crippen molar-refractivity contribution in [2.24, 2.45) is 0 Å². The molecule has 0 fully saturated rings. The third kappa shape index (κ3) is 5.14. The molecular weight excluding hydrogens is 278 g/mol. The second-order valence-electron chi connectivity index (χ2n) is 6.18. The molecule has 5 heteroatoms. The SMILES string of the molecule is CCCN(CCC)Cc1c(O)c(=O)cc(C)n1CCN(C)C. The van der Waals surface area contributed by atoms with E-state index in [2.05, 4.69) is 28.2 Å². The summed E-state index contributed by atoms with van der Waals surface area (Å²) in [5.74, 6) is -0.0958. The first kappa shape index (κ1) is 18.7. The molecule has 0 atom stereocenters. The normalized spacial score (nSPS) is 11.6. The Bertz CT molecular complexity index is 517. The summed E-state index contributed by atoms with van der Waals surface area (Å²) in [5.41, 5.74) is 1.38. The van der Waals surface area contributed by atoms with E-state index in [0.29, 0.717) is 6.54 Å². The van der Waals surface area contributed by atoms with Crippen LogP contribution in [0.5, 0.6) is 5.75 Å². The smallest absolute Gasteiger partial charge is 0.223 e. The van der Waals surface area contributed by atoms with Crippen LogP contribution in [0.4, 0.5) is 0 Å². The van der Waals surface area contributed by atoms with Gasteiger partial charge in [-0.1, -0.05) is 13.8 Å². The van der Waals surface area contributed by atoms with Crippen molar-refractivity contribution >= 4 is 0 Å². The van der Waals surface area contributed by atoms with Crippen molar-refractivity contribution in [1.82, 2.24) is 14.4 Å². The van der Waals surface area contributed by atoms with Gasteiger partial charge in [-0.05, 0) is 47.0 Å². The molecule has 1 aromatic rings. The minimum atomic E-state index is -0.276. The van der Waals surface area contributed by atoms with E-state index in [-0.39, 0.29) is 11.2 Å². The molecule has 0 saturated carbocycles. The van der Waals surface area contributed by atoms with Crippen molar-refractivity contribution in [2.75, 3.05) is 33.7 Å². The highest BCUT2D eigenvalue weighted by atomic mass is 16.3. The summed E-state index contributed by atoms with van der Waals surface area (Å²) in [6.45, 7) is 10.5. The van der Waals surface area contributed by atoms with Crippen molar-refractivity contribution in [1.29, 1.82) is 0 Å². The van der Waals surface area contributed by atoms with Crippen molar-refractivity contribution in [2.45, 2.75) is 46.7 Å². The Kier molecular flexibility index (Phi) is 7.62. The second kappa shape index (κ2) is 8.96. The van der Waals surface area contributed by atoms with E-state index in [1.54, 1.807) is 0 Å². The molecule has 126 valence electrons. The number of likely N-dealkylation sites (N-methyl/N-ethyl adjacent to an activating group) is 1. The van der Waals surface area contributed by atoms with E-state index in [1.807, 2.05) is 21.0 Å². The molecule has 0 aliphatic rings. The highest BCUT2D eigenvalue weighted by molar-refractivity contribution is 5.29. The first-order valence-corrected chi connectivity index (χ1v) is 8.20. The number of hydrogen-bond acceptors (Lipinski definition) is 4. The van der Waals surface area contributed by atoms with Gasteiger partial charge in [-0.2, -0.15) is 0 Å². The molecule has 0 aliphatic carbocycles. The van der Waals surface area contributed by atoms with Crippen LogP contribution in [0.2, 0.25) is 0 Å². The van der Waals surface area contributed by atoms with Gasteiger partial charge in [0, 0.05) is 31.4 Å².